The van der Waals surface area contributed by atoms with E-state index in [1.165, 1.54) is 0 Å². The standard InChI is InChI=1S/C4H5NO4/c6-1-2(7)4(9)5-3(1)8/h1-2,6-7H,(H,5,8,9)/t1-,2-/m0/s1. The van der Waals surface area contributed by atoms with Crippen LogP contribution in [-0.4, -0.2) is 34.2 Å². The van der Waals surface area contributed by atoms with E-state index in [4.69, 9.17) is 10.2 Å². The lowest BCUT2D eigenvalue weighted by Crippen LogP contribution is -2.27. The van der Waals surface area contributed by atoms with Crippen molar-refractivity contribution in [3.63, 3.8) is 0 Å². The molecular formula is C4H5NO4. The monoisotopic (exact) mass is 131 g/mol. The van der Waals surface area contributed by atoms with Gasteiger partial charge in [-0.25, -0.2) is 0 Å². The summed E-state index contributed by atoms with van der Waals surface area (Å²) in [6.07, 6.45) is -3.17. The number of imide groups is 1. The Balaban J connectivity index is 2.77. The Morgan fingerprint density at radius 2 is 1.44 bits per heavy atom. The summed E-state index contributed by atoms with van der Waals surface area (Å²) in [6, 6.07) is 0. The van der Waals surface area contributed by atoms with Crippen LogP contribution in [-0.2, 0) is 9.59 Å². The molecular weight excluding hydrogens is 126 g/mol. The van der Waals surface area contributed by atoms with Crippen molar-refractivity contribution >= 4 is 11.8 Å². The molecule has 1 rings (SSSR count). The van der Waals surface area contributed by atoms with Gasteiger partial charge in [-0.2, -0.15) is 0 Å². The van der Waals surface area contributed by atoms with Gasteiger partial charge >= 0.3 is 0 Å². The van der Waals surface area contributed by atoms with E-state index in [1.807, 2.05) is 0 Å². The van der Waals surface area contributed by atoms with Gasteiger partial charge in [0, 0.05) is 0 Å². The molecule has 1 saturated heterocycles. The molecule has 1 aliphatic heterocycles. The summed E-state index contributed by atoms with van der Waals surface area (Å²) in [6.45, 7) is 0. The Labute approximate surface area is 50.3 Å². The first-order chi connectivity index (χ1) is 4.13. The van der Waals surface area contributed by atoms with Crippen molar-refractivity contribution in [2.24, 2.45) is 0 Å². The maximum absolute atomic E-state index is 10.3. The zero-order valence-corrected chi connectivity index (χ0v) is 4.37. The highest BCUT2D eigenvalue weighted by Crippen LogP contribution is 2.00. The average Bonchev–Trinajstić information content (AvgIpc) is 1.98. The number of aliphatic hydroxyl groups excluding tert-OH is 2. The van der Waals surface area contributed by atoms with Gasteiger partial charge in [0.25, 0.3) is 11.8 Å². The van der Waals surface area contributed by atoms with E-state index in [0.717, 1.165) is 0 Å². The zero-order chi connectivity index (χ0) is 7.02. The maximum Gasteiger partial charge on any atom is 0.258 e. The fourth-order valence-corrected chi connectivity index (χ4v) is 0.556. The van der Waals surface area contributed by atoms with Gasteiger partial charge < -0.3 is 10.2 Å². The third kappa shape index (κ3) is 0.797. The Hall–Kier alpha value is -0.940. The highest BCUT2D eigenvalue weighted by molar-refractivity contribution is 6.07. The minimum Gasteiger partial charge on any atom is -0.380 e. The molecule has 1 heterocycles. The molecule has 5 heteroatoms. The van der Waals surface area contributed by atoms with Crippen LogP contribution in [0.4, 0.5) is 0 Å². The summed E-state index contributed by atoms with van der Waals surface area (Å²) in [4.78, 5) is 20.5. The molecule has 2 amide bonds. The molecule has 0 unspecified atom stereocenters. The Morgan fingerprint density at radius 3 is 1.56 bits per heavy atom. The molecule has 0 aromatic carbocycles. The van der Waals surface area contributed by atoms with Crippen molar-refractivity contribution in [1.82, 2.24) is 5.32 Å². The van der Waals surface area contributed by atoms with Crippen LogP contribution in [0.5, 0.6) is 0 Å². The Bertz CT molecular complexity index is 148. The summed E-state index contributed by atoms with van der Waals surface area (Å²) < 4.78 is 0. The predicted octanol–water partition coefficient (Wildman–Crippen LogP) is -2.64. The van der Waals surface area contributed by atoms with E-state index < -0.39 is 24.0 Å². The highest BCUT2D eigenvalue weighted by Gasteiger charge is 2.38. The summed E-state index contributed by atoms with van der Waals surface area (Å²) >= 11 is 0. The van der Waals surface area contributed by atoms with Gasteiger partial charge in [0.15, 0.2) is 12.2 Å². The van der Waals surface area contributed by atoms with Crippen LogP contribution >= 0.6 is 0 Å². The second-order valence-corrected chi connectivity index (χ2v) is 1.74. The lowest BCUT2D eigenvalue weighted by molar-refractivity contribution is -0.129. The van der Waals surface area contributed by atoms with E-state index in [0.29, 0.717) is 0 Å². The molecule has 0 aliphatic carbocycles. The van der Waals surface area contributed by atoms with Crippen LogP contribution in [0.25, 0.3) is 0 Å². The molecule has 0 spiro atoms. The summed E-state index contributed by atoms with van der Waals surface area (Å²) in [7, 11) is 0. The fourth-order valence-electron chi connectivity index (χ4n) is 0.556. The fraction of sp³-hybridized carbons (Fsp3) is 0.500. The number of rotatable bonds is 0. The number of nitrogens with one attached hydrogen (secondary N) is 1. The molecule has 0 bridgehead atoms. The van der Waals surface area contributed by atoms with Crippen LogP contribution in [0, 0.1) is 0 Å². The van der Waals surface area contributed by atoms with Crippen LogP contribution < -0.4 is 5.32 Å². The normalized spacial score (nSPS) is 34.9. The maximum atomic E-state index is 10.3. The highest BCUT2D eigenvalue weighted by atomic mass is 16.4. The van der Waals surface area contributed by atoms with Crippen molar-refractivity contribution < 1.29 is 19.8 Å². The largest absolute Gasteiger partial charge is 0.380 e. The number of aliphatic hydroxyl groups is 2. The first-order valence-electron chi connectivity index (χ1n) is 2.34. The molecule has 3 N–H and O–H groups in total. The van der Waals surface area contributed by atoms with Gasteiger partial charge in [0.1, 0.15) is 0 Å². The van der Waals surface area contributed by atoms with E-state index in [1.54, 1.807) is 5.32 Å². The van der Waals surface area contributed by atoms with Gasteiger partial charge in [0.05, 0.1) is 0 Å². The first-order valence-corrected chi connectivity index (χ1v) is 2.34. The molecule has 9 heavy (non-hydrogen) atoms. The molecule has 0 radical (unpaired) electrons. The van der Waals surface area contributed by atoms with Crippen LogP contribution in [0.15, 0.2) is 0 Å². The number of amides is 2. The lowest BCUT2D eigenvalue weighted by atomic mass is 10.2. The predicted molar refractivity (Wildman–Crippen MR) is 25.2 cm³/mol. The van der Waals surface area contributed by atoms with Crippen molar-refractivity contribution in [3.8, 4) is 0 Å². The quantitative estimate of drug-likeness (QED) is 0.314. The van der Waals surface area contributed by atoms with Gasteiger partial charge in [0.2, 0.25) is 0 Å². The number of carbonyl (C=O) groups excluding carboxylic acids is 2. The number of carbonyl (C=O) groups is 2. The molecule has 1 fully saturated rings. The van der Waals surface area contributed by atoms with Crippen molar-refractivity contribution in [2.75, 3.05) is 0 Å². The molecule has 50 valence electrons. The zero-order valence-electron chi connectivity index (χ0n) is 4.37. The second kappa shape index (κ2) is 1.78. The summed E-state index contributed by atoms with van der Waals surface area (Å²) in [5.74, 6) is -1.68. The van der Waals surface area contributed by atoms with Gasteiger partial charge in [-0.1, -0.05) is 0 Å². The van der Waals surface area contributed by atoms with E-state index >= 15 is 0 Å². The molecule has 0 aromatic rings. The summed E-state index contributed by atoms with van der Waals surface area (Å²) in [5.41, 5.74) is 0. The van der Waals surface area contributed by atoms with E-state index in [-0.39, 0.29) is 0 Å². The van der Waals surface area contributed by atoms with Crippen molar-refractivity contribution in [3.05, 3.63) is 0 Å². The topological polar surface area (TPSA) is 86.6 Å². The number of hydrogen-bond acceptors (Lipinski definition) is 4. The Morgan fingerprint density at radius 1 is 1.11 bits per heavy atom. The minimum atomic E-state index is -1.59. The van der Waals surface area contributed by atoms with Gasteiger partial charge in [-0.3, -0.25) is 14.9 Å². The Kier molecular flexibility index (Phi) is 1.22. The molecule has 5 nitrogen and oxygen atoms in total. The van der Waals surface area contributed by atoms with Gasteiger partial charge in [-0.05, 0) is 0 Å². The minimum absolute atomic E-state index is 0.840. The average molecular weight is 131 g/mol. The third-order valence-corrected chi connectivity index (χ3v) is 1.08. The van der Waals surface area contributed by atoms with Crippen LogP contribution in [0.2, 0.25) is 0 Å². The molecule has 0 aromatic heterocycles. The van der Waals surface area contributed by atoms with Crippen molar-refractivity contribution in [1.29, 1.82) is 0 Å². The lowest BCUT2D eigenvalue weighted by Gasteiger charge is -1.97. The van der Waals surface area contributed by atoms with Crippen molar-refractivity contribution in [2.45, 2.75) is 12.2 Å². The van der Waals surface area contributed by atoms with Crippen LogP contribution in [0.3, 0.4) is 0 Å². The first kappa shape index (κ1) is 6.18. The SMILES string of the molecule is O=C1NC(=O)[C@@H](O)[C@@H]1O. The third-order valence-electron chi connectivity index (χ3n) is 1.08. The van der Waals surface area contributed by atoms with E-state index in [2.05, 4.69) is 0 Å². The smallest absolute Gasteiger partial charge is 0.258 e. The van der Waals surface area contributed by atoms with E-state index in [9.17, 15) is 9.59 Å². The van der Waals surface area contributed by atoms with Gasteiger partial charge in [-0.15, -0.1) is 0 Å². The summed E-state index contributed by atoms with van der Waals surface area (Å²) in [5, 5.41) is 18.8. The van der Waals surface area contributed by atoms with Crippen LogP contribution in [0.1, 0.15) is 0 Å². The molecule has 2 atom stereocenters. The molecule has 0 saturated carbocycles. The second-order valence-electron chi connectivity index (χ2n) is 1.74. The number of hydrogen-bond donors (Lipinski definition) is 3. The molecule has 1 aliphatic rings.